The number of halogens is 2. The van der Waals surface area contributed by atoms with Crippen LogP contribution in [0.3, 0.4) is 0 Å². The summed E-state index contributed by atoms with van der Waals surface area (Å²) in [6, 6.07) is 3.04. The van der Waals surface area contributed by atoms with E-state index in [-0.39, 0.29) is 35.4 Å². The van der Waals surface area contributed by atoms with E-state index in [0.717, 1.165) is 0 Å². The lowest BCUT2D eigenvalue weighted by Gasteiger charge is -2.39. The molecule has 0 amide bonds. The number of aromatic nitrogens is 1. The number of ether oxygens (including phenoxy) is 1. The Labute approximate surface area is 259 Å². The van der Waals surface area contributed by atoms with Gasteiger partial charge in [-0.05, 0) is 56.1 Å². The number of esters is 1. The van der Waals surface area contributed by atoms with Gasteiger partial charge in [-0.15, -0.1) is 11.3 Å². The molecule has 0 spiro atoms. The van der Waals surface area contributed by atoms with Crippen LogP contribution in [0.15, 0.2) is 46.0 Å². The highest BCUT2D eigenvalue weighted by atomic mass is 35.5. The first-order valence-corrected chi connectivity index (χ1v) is 17.0. The summed E-state index contributed by atoms with van der Waals surface area (Å²) in [4.78, 5) is 33.8. The van der Waals surface area contributed by atoms with Crippen molar-refractivity contribution in [2.75, 3.05) is 26.0 Å². The van der Waals surface area contributed by atoms with Crippen molar-refractivity contribution in [1.29, 1.82) is 0 Å². The number of carboxylic acid groups (broad SMARTS) is 1. The number of sulfonamides is 1. The van der Waals surface area contributed by atoms with E-state index in [1.807, 2.05) is 6.92 Å². The van der Waals surface area contributed by atoms with Gasteiger partial charge < -0.3 is 15.2 Å². The number of nitrogens with zero attached hydrogens (tertiary/aromatic N) is 3. The summed E-state index contributed by atoms with van der Waals surface area (Å²) in [5.74, 6) is -2.20. The predicted molar refractivity (Wildman–Crippen MR) is 161 cm³/mol. The van der Waals surface area contributed by atoms with Gasteiger partial charge in [0.05, 0.1) is 24.4 Å². The number of carbonyl (C=O) groups excluding carboxylic acids is 1. The number of allylic oxidation sites excluding steroid dienone is 1. The Morgan fingerprint density at radius 3 is 2.51 bits per heavy atom. The summed E-state index contributed by atoms with van der Waals surface area (Å²) in [5, 5.41) is 15.1. The van der Waals surface area contributed by atoms with E-state index in [2.05, 4.69) is 10.3 Å². The van der Waals surface area contributed by atoms with Crippen LogP contribution >= 0.6 is 22.9 Å². The number of hydrogen-bond donors (Lipinski definition) is 2. The molecule has 1 aliphatic carbocycles. The van der Waals surface area contributed by atoms with Gasteiger partial charge in [-0.3, -0.25) is 9.79 Å². The van der Waals surface area contributed by atoms with Gasteiger partial charge in [0.2, 0.25) is 10.0 Å². The Bertz CT molecular complexity index is 1550. The third kappa shape index (κ3) is 6.79. The molecule has 0 bridgehead atoms. The highest BCUT2D eigenvalue weighted by Crippen LogP contribution is 2.42. The van der Waals surface area contributed by atoms with Crippen LogP contribution in [0.1, 0.15) is 62.1 Å². The number of benzene rings is 1. The Morgan fingerprint density at radius 2 is 1.93 bits per heavy atom. The smallest absolute Gasteiger partial charge is 0.338 e. The first kappa shape index (κ1) is 31.6. The van der Waals surface area contributed by atoms with Gasteiger partial charge in [-0.25, -0.2) is 26.9 Å². The molecule has 0 unspecified atom stereocenters. The molecule has 0 radical (unpaired) electrons. The normalized spacial score (nSPS) is 25.6. The molecule has 2 aromatic rings. The zero-order valence-corrected chi connectivity index (χ0v) is 26.3. The fourth-order valence-electron chi connectivity index (χ4n) is 6.28. The fraction of sp³-hybridized carbons (Fsp3) is 0.517. The number of amidine groups is 1. The Hall–Kier alpha value is -2.87. The van der Waals surface area contributed by atoms with E-state index in [9.17, 15) is 27.5 Å². The van der Waals surface area contributed by atoms with Crippen molar-refractivity contribution in [2.45, 2.75) is 51.5 Å². The highest BCUT2D eigenvalue weighted by Gasteiger charge is 2.42. The fourth-order valence-corrected chi connectivity index (χ4v) is 9.26. The zero-order chi connectivity index (χ0) is 30.9. The first-order chi connectivity index (χ1) is 20.4. The van der Waals surface area contributed by atoms with Crippen LogP contribution in [0.5, 0.6) is 0 Å². The zero-order valence-electron chi connectivity index (χ0n) is 23.9. The number of aliphatic imine (C=N–C) groups is 1. The second-order valence-electron chi connectivity index (χ2n) is 11.7. The number of hydrogen-bond acceptors (Lipinski definition) is 9. The lowest BCUT2D eigenvalue weighted by molar-refractivity contribution is -0.143. The van der Waals surface area contributed by atoms with Crippen molar-refractivity contribution >= 4 is 50.7 Å². The molecule has 2 fully saturated rings. The van der Waals surface area contributed by atoms with E-state index >= 15 is 0 Å². The topological polar surface area (TPSA) is 138 Å². The molecule has 2 aliphatic heterocycles. The van der Waals surface area contributed by atoms with E-state index < -0.39 is 45.2 Å². The van der Waals surface area contributed by atoms with E-state index in [4.69, 9.17) is 21.3 Å². The summed E-state index contributed by atoms with van der Waals surface area (Å²) < 4.78 is 47.7. The first-order valence-electron chi connectivity index (χ1n) is 14.1. The molecule has 14 heteroatoms. The van der Waals surface area contributed by atoms with Gasteiger partial charge in [0.1, 0.15) is 11.9 Å². The summed E-state index contributed by atoms with van der Waals surface area (Å²) >= 11 is 7.81. The van der Waals surface area contributed by atoms with Crippen LogP contribution in [0.25, 0.3) is 0 Å². The Morgan fingerprint density at radius 1 is 1.23 bits per heavy atom. The number of rotatable bonds is 8. The number of piperidine rings is 1. The molecule has 3 aliphatic rings. The Kier molecular flexibility index (Phi) is 9.26. The van der Waals surface area contributed by atoms with Crippen LogP contribution in [0, 0.1) is 23.1 Å². The van der Waals surface area contributed by atoms with Gasteiger partial charge in [-0.2, -0.15) is 0 Å². The minimum Gasteiger partial charge on any atom is -0.481 e. The van der Waals surface area contributed by atoms with Crippen molar-refractivity contribution in [3.8, 4) is 0 Å². The van der Waals surface area contributed by atoms with Crippen molar-refractivity contribution < 1.29 is 32.2 Å². The van der Waals surface area contributed by atoms with Gasteiger partial charge in [0, 0.05) is 46.9 Å². The predicted octanol–water partition coefficient (Wildman–Crippen LogP) is 4.78. The summed E-state index contributed by atoms with van der Waals surface area (Å²) in [7, 11) is -2.33. The van der Waals surface area contributed by atoms with E-state index in [0.29, 0.717) is 60.6 Å². The van der Waals surface area contributed by atoms with Gasteiger partial charge in [-0.1, -0.05) is 24.6 Å². The minimum atomic E-state index is -3.60. The molecule has 5 rings (SSSR count). The standard InChI is InChI=1S/C29H34ClFN4O6S2/c1-29(9-5-18(6-10-29)27(36)37)16-43(39,40)35-12-7-17(8-13-35)23-22(28(38)41-2)24(20-4-3-19(31)15-21(20)30)34-25(33-23)26-32-11-14-42-26/h3-4,11,14-15,17-18,24H,5-10,12-13,16H2,1-2H3,(H,33,34)(H,36,37)/t18?,24-,29?/m1/s1. The molecule has 232 valence electrons. The van der Waals surface area contributed by atoms with E-state index in [1.165, 1.54) is 41.0 Å². The maximum absolute atomic E-state index is 13.9. The van der Waals surface area contributed by atoms with Gasteiger partial charge >= 0.3 is 11.9 Å². The number of methoxy groups -OCH3 is 1. The molecular weight excluding hydrogens is 619 g/mol. The number of aliphatic carboxylic acids is 1. The van der Waals surface area contributed by atoms with E-state index in [1.54, 1.807) is 11.6 Å². The van der Waals surface area contributed by atoms with Crippen molar-refractivity contribution in [3.63, 3.8) is 0 Å². The quantitative estimate of drug-likeness (QED) is 0.389. The maximum atomic E-state index is 13.9. The summed E-state index contributed by atoms with van der Waals surface area (Å²) in [6.07, 6.45) is 4.56. The average Bonchev–Trinajstić information content (AvgIpc) is 3.51. The van der Waals surface area contributed by atoms with Crippen molar-refractivity contribution in [2.24, 2.45) is 22.2 Å². The van der Waals surface area contributed by atoms with Crippen molar-refractivity contribution in [1.82, 2.24) is 14.6 Å². The van der Waals surface area contributed by atoms with Crippen LogP contribution in [-0.2, 0) is 24.3 Å². The lowest BCUT2D eigenvalue weighted by atomic mass is 9.73. The molecule has 10 nitrogen and oxygen atoms in total. The third-order valence-corrected chi connectivity index (χ3v) is 12.0. The highest BCUT2D eigenvalue weighted by molar-refractivity contribution is 7.89. The average molecular weight is 653 g/mol. The molecule has 1 aromatic carbocycles. The number of carbonyl (C=O) groups is 2. The molecule has 1 atom stereocenters. The SMILES string of the molecule is COC(=O)C1=C(C2CCN(S(=O)(=O)CC3(C)CCC(C(=O)O)CC3)CC2)NC(c2nccs2)=N[C@@H]1c1ccc(F)cc1Cl. The monoisotopic (exact) mass is 652 g/mol. The maximum Gasteiger partial charge on any atom is 0.338 e. The Balaban J connectivity index is 1.40. The van der Waals surface area contributed by atoms with Gasteiger partial charge in [0.15, 0.2) is 10.8 Å². The molecule has 43 heavy (non-hydrogen) atoms. The second-order valence-corrected chi connectivity index (χ2v) is 15.0. The molecule has 2 N–H and O–H groups in total. The largest absolute Gasteiger partial charge is 0.481 e. The molecule has 3 heterocycles. The van der Waals surface area contributed by atoms with Crippen LogP contribution in [0.4, 0.5) is 4.39 Å². The molecule has 1 aromatic heterocycles. The minimum absolute atomic E-state index is 0.0304. The lowest BCUT2D eigenvalue weighted by Crippen LogP contribution is -2.46. The van der Waals surface area contributed by atoms with Crippen LogP contribution in [-0.4, -0.2) is 66.5 Å². The third-order valence-electron chi connectivity index (χ3n) is 8.70. The number of nitrogens with one attached hydrogen (secondary N) is 1. The van der Waals surface area contributed by atoms with Crippen LogP contribution < -0.4 is 5.32 Å². The molecular formula is C29H34ClFN4O6S2. The molecule has 1 saturated heterocycles. The van der Waals surface area contributed by atoms with Crippen LogP contribution in [0.2, 0.25) is 5.02 Å². The number of thiazole rings is 1. The second kappa shape index (κ2) is 12.6. The summed E-state index contributed by atoms with van der Waals surface area (Å²) in [5.41, 5.74) is 0.754. The van der Waals surface area contributed by atoms with Gasteiger partial charge in [0.25, 0.3) is 0 Å². The van der Waals surface area contributed by atoms with Crippen molar-refractivity contribution in [3.05, 3.63) is 62.5 Å². The number of carboxylic acids is 1. The summed E-state index contributed by atoms with van der Waals surface area (Å²) in [6.45, 7) is 2.44. The molecule has 1 saturated carbocycles.